The van der Waals surface area contributed by atoms with E-state index in [-0.39, 0.29) is 12.1 Å². The van der Waals surface area contributed by atoms with Crippen LogP contribution in [0, 0.1) is 0 Å². The van der Waals surface area contributed by atoms with Crippen LogP contribution in [0.5, 0.6) is 0 Å². The van der Waals surface area contributed by atoms with E-state index in [0.717, 1.165) is 13.0 Å². The summed E-state index contributed by atoms with van der Waals surface area (Å²) in [4.78, 5) is 12.4. The summed E-state index contributed by atoms with van der Waals surface area (Å²) in [6, 6.07) is 0.0490. The zero-order valence-electron chi connectivity index (χ0n) is 9.91. The third kappa shape index (κ3) is 2.09. The van der Waals surface area contributed by atoms with Crippen LogP contribution in [0.1, 0.15) is 18.4 Å². The third-order valence-electron chi connectivity index (χ3n) is 2.96. The van der Waals surface area contributed by atoms with Gasteiger partial charge >= 0.3 is 0 Å². The molecule has 18 heavy (non-hydrogen) atoms. The van der Waals surface area contributed by atoms with E-state index in [0.29, 0.717) is 17.4 Å². The Morgan fingerprint density at radius 2 is 2.39 bits per heavy atom. The molecule has 0 saturated carbocycles. The zero-order valence-corrected chi connectivity index (χ0v) is 9.91. The molecule has 0 unspecified atom stereocenters. The maximum Gasteiger partial charge on any atom is 0.244 e. The topological polar surface area (TPSA) is 86.0 Å². The van der Waals surface area contributed by atoms with Crippen molar-refractivity contribution in [2.75, 3.05) is 13.7 Å². The van der Waals surface area contributed by atoms with Gasteiger partial charge in [0.25, 0.3) is 0 Å². The number of methoxy groups -OCH3 is 1. The standard InChI is InChI=1S/C11H13N5O2/c1-17-7-4-8(14-5-7)11-15-10(16-18-11)9-6-12-2-3-13-9/h2-3,6-8,14H,4-5H2,1H3/t7-,8+/m0/s1. The normalized spacial score (nSPS) is 23.4. The molecule has 3 heterocycles. The molecule has 2 aromatic heterocycles. The maximum atomic E-state index is 5.28. The lowest BCUT2D eigenvalue weighted by Crippen LogP contribution is -2.16. The fourth-order valence-corrected chi connectivity index (χ4v) is 1.97. The van der Waals surface area contributed by atoms with E-state index in [4.69, 9.17) is 9.26 Å². The quantitative estimate of drug-likeness (QED) is 0.848. The molecule has 1 saturated heterocycles. The lowest BCUT2D eigenvalue weighted by atomic mass is 10.2. The van der Waals surface area contributed by atoms with Crippen molar-refractivity contribution in [3.8, 4) is 11.5 Å². The summed E-state index contributed by atoms with van der Waals surface area (Å²) >= 11 is 0. The number of ether oxygens (including phenoxy) is 1. The molecule has 3 rings (SSSR count). The van der Waals surface area contributed by atoms with Gasteiger partial charge in [-0.3, -0.25) is 4.98 Å². The Labute approximate surface area is 104 Å². The largest absolute Gasteiger partial charge is 0.380 e. The first-order valence-electron chi connectivity index (χ1n) is 5.73. The van der Waals surface area contributed by atoms with Gasteiger partial charge in [0.15, 0.2) is 0 Å². The van der Waals surface area contributed by atoms with E-state index >= 15 is 0 Å². The Morgan fingerprint density at radius 1 is 1.44 bits per heavy atom. The molecule has 1 N–H and O–H groups in total. The molecule has 0 bridgehead atoms. The van der Waals surface area contributed by atoms with Crippen molar-refractivity contribution in [1.82, 2.24) is 25.4 Å². The Kier molecular flexibility index (Phi) is 2.99. The molecule has 1 aliphatic heterocycles. The van der Waals surface area contributed by atoms with Crippen LogP contribution in [0.3, 0.4) is 0 Å². The van der Waals surface area contributed by atoms with E-state index in [1.807, 2.05) is 0 Å². The van der Waals surface area contributed by atoms with Gasteiger partial charge in [0, 0.05) is 26.0 Å². The average Bonchev–Trinajstić information content (AvgIpc) is 3.08. The molecular formula is C11H13N5O2. The minimum atomic E-state index is 0.0490. The van der Waals surface area contributed by atoms with Gasteiger partial charge in [-0.15, -0.1) is 0 Å². The predicted molar refractivity (Wildman–Crippen MR) is 61.5 cm³/mol. The molecular weight excluding hydrogens is 234 g/mol. The number of nitrogens with one attached hydrogen (secondary N) is 1. The molecule has 7 nitrogen and oxygen atoms in total. The summed E-state index contributed by atoms with van der Waals surface area (Å²) in [6.45, 7) is 0.796. The van der Waals surface area contributed by atoms with E-state index in [9.17, 15) is 0 Å². The molecule has 0 aliphatic carbocycles. The SMILES string of the molecule is CO[C@@H]1CN[C@@H](c2nc(-c3cnccn3)no2)C1. The molecule has 1 aliphatic rings. The summed E-state index contributed by atoms with van der Waals surface area (Å²) in [6.07, 6.45) is 5.83. The number of nitrogens with zero attached hydrogens (tertiary/aromatic N) is 4. The summed E-state index contributed by atoms with van der Waals surface area (Å²) in [5.41, 5.74) is 0.605. The van der Waals surface area contributed by atoms with Gasteiger partial charge in [0.05, 0.1) is 18.3 Å². The summed E-state index contributed by atoms with van der Waals surface area (Å²) in [7, 11) is 1.70. The van der Waals surface area contributed by atoms with Crippen molar-refractivity contribution in [2.45, 2.75) is 18.6 Å². The van der Waals surface area contributed by atoms with Crippen LogP contribution in [-0.2, 0) is 4.74 Å². The van der Waals surface area contributed by atoms with Crippen LogP contribution in [0.15, 0.2) is 23.1 Å². The first-order chi connectivity index (χ1) is 8.86. The molecule has 0 amide bonds. The monoisotopic (exact) mass is 247 g/mol. The van der Waals surface area contributed by atoms with E-state index in [1.165, 1.54) is 0 Å². The summed E-state index contributed by atoms with van der Waals surface area (Å²) in [5.74, 6) is 1.02. The molecule has 2 atom stereocenters. The molecule has 1 fully saturated rings. The molecule has 0 aromatic carbocycles. The first kappa shape index (κ1) is 11.2. The Balaban J connectivity index is 1.78. The fraction of sp³-hybridized carbons (Fsp3) is 0.455. The summed E-state index contributed by atoms with van der Waals surface area (Å²) in [5, 5.41) is 7.19. The van der Waals surface area contributed by atoms with Crippen LogP contribution in [0.25, 0.3) is 11.5 Å². The number of aromatic nitrogens is 4. The number of rotatable bonds is 3. The van der Waals surface area contributed by atoms with Crippen molar-refractivity contribution < 1.29 is 9.26 Å². The molecule has 7 heteroatoms. The zero-order chi connectivity index (χ0) is 12.4. The van der Waals surface area contributed by atoms with E-state index in [1.54, 1.807) is 25.7 Å². The predicted octanol–water partition coefficient (Wildman–Crippen LogP) is 0.576. The van der Waals surface area contributed by atoms with Crippen molar-refractivity contribution in [1.29, 1.82) is 0 Å². The lowest BCUT2D eigenvalue weighted by Gasteiger charge is -2.04. The van der Waals surface area contributed by atoms with Crippen LogP contribution >= 0.6 is 0 Å². The lowest BCUT2D eigenvalue weighted by molar-refractivity contribution is 0.116. The fourth-order valence-electron chi connectivity index (χ4n) is 1.97. The van der Waals surface area contributed by atoms with Crippen LogP contribution < -0.4 is 5.32 Å². The van der Waals surface area contributed by atoms with Gasteiger partial charge in [0.2, 0.25) is 11.7 Å². The minimum absolute atomic E-state index is 0.0490. The molecule has 0 spiro atoms. The average molecular weight is 247 g/mol. The number of hydrogen-bond donors (Lipinski definition) is 1. The van der Waals surface area contributed by atoms with Gasteiger partial charge in [-0.1, -0.05) is 5.16 Å². The van der Waals surface area contributed by atoms with Gasteiger partial charge in [-0.2, -0.15) is 4.98 Å². The minimum Gasteiger partial charge on any atom is -0.380 e. The Morgan fingerprint density at radius 3 is 3.11 bits per heavy atom. The first-order valence-corrected chi connectivity index (χ1v) is 5.73. The van der Waals surface area contributed by atoms with Crippen LogP contribution in [-0.4, -0.2) is 39.9 Å². The summed E-state index contributed by atoms with van der Waals surface area (Å²) < 4.78 is 10.5. The van der Waals surface area contributed by atoms with Crippen LogP contribution in [0.2, 0.25) is 0 Å². The highest BCUT2D eigenvalue weighted by Gasteiger charge is 2.29. The van der Waals surface area contributed by atoms with Crippen molar-refractivity contribution in [2.24, 2.45) is 0 Å². The smallest absolute Gasteiger partial charge is 0.244 e. The van der Waals surface area contributed by atoms with Crippen molar-refractivity contribution in [3.05, 3.63) is 24.5 Å². The third-order valence-corrected chi connectivity index (χ3v) is 2.96. The Hall–Kier alpha value is -1.86. The van der Waals surface area contributed by atoms with E-state index in [2.05, 4.69) is 25.4 Å². The highest BCUT2D eigenvalue weighted by molar-refractivity contribution is 5.45. The Bertz CT molecular complexity index is 515. The van der Waals surface area contributed by atoms with Crippen LogP contribution in [0.4, 0.5) is 0 Å². The van der Waals surface area contributed by atoms with Crippen molar-refractivity contribution in [3.63, 3.8) is 0 Å². The van der Waals surface area contributed by atoms with Gasteiger partial charge in [0.1, 0.15) is 5.69 Å². The van der Waals surface area contributed by atoms with Gasteiger partial charge in [-0.25, -0.2) is 4.98 Å². The second-order valence-corrected chi connectivity index (χ2v) is 4.10. The highest BCUT2D eigenvalue weighted by Crippen LogP contribution is 2.24. The molecule has 2 aromatic rings. The molecule has 94 valence electrons. The second-order valence-electron chi connectivity index (χ2n) is 4.10. The van der Waals surface area contributed by atoms with Crippen molar-refractivity contribution >= 4 is 0 Å². The van der Waals surface area contributed by atoms with Gasteiger partial charge < -0.3 is 14.6 Å². The number of hydrogen-bond acceptors (Lipinski definition) is 7. The second kappa shape index (κ2) is 4.79. The maximum absolute atomic E-state index is 5.28. The van der Waals surface area contributed by atoms with Gasteiger partial charge in [-0.05, 0) is 6.42 Å². The van der Waals surface area contributed by atoms with E-state index < -0.39 is 0 Å². The molecule has 0 radical (unpaired) electrons. The highest BCUT2D eigenvalue weighted by atomic mass is 16.5.